The molecular weight excluding hydrogens is 484 g/mol. The van der Waals surface area contributed by atoms with Gasteiger partial charge in [-0.1, -0.05) is 42.5 Å². The maximum atomic E-state index is 13.3. The maximum absolute atomic E-state index is 13.3. The van der Waals surface area contributed by atoms with Gasteiger partial charge >= 0.3 is 0 Å². The third kappa shape index (κ3) is 5.74. The zero-order valence-electron chi connectivity index (χ0n) is 21.7. The summed E-state index contributed by atoms with van der Waals surface area (Å²) in [6.07, 6.45) is 13.9. The number of nitrogens with zero attached hydrogens (tertiary/aromatic N) is 2. The van der Waals surface area contributed by atoms with Gasteiger partial charge in [-0.2, -0.15) is 0 Å². The van der Waals surface area contributed by atoms with E-state index in [1.54, 1.807) is 24.1 Å². The predicted octanol–water partition coefficient (Wildman–Crippen LogP) is 2.73. The number of rotatable bonds is 7. The highest BCUT2D eigenvalue weighted by molar-refractivity contribution is 5.98. The molecule has 3 heterocycles. The summed E-state index contributed by atoms with van der Waals surface area (Å²) in [5, 5.41) is 3.54. The van der Waals surface area contributed by atoms with E-state index in [0.29, 0.717) is 31.7 Å². The molecule has 38 heavy (non-hydrogen) atoms. The van der Waals surface area contributed by atoms with Crippen LogP contribution in [0.2, 0.25) is 0 Å². The van der Waals surface area contributed by atoms with Crippen molar-refractivity contribution < 1.29 is 24.0 Å². The average molecular weight is 519 g/mol. The van der Waals surface area contributed by atoms with Crippen molar-refractivity contribution in [3.63, 3.8) is 0 Å². The topological polar surface area (TPSA) is 100 Å². The van der Waals surface area contributed by atoms with Crippen LogP contribution in [0.1, 0.15) is 48.0 Å². The molecule has 0 radical (unpaired) electrons. The lowest BCUT2D eigenvalue weighted by atomic mass is 9.87. The molecule has 1 aromatic rings. The molecule has 2 atom stereocenters. The van der Waals surface area contributed by atoms with Crippen molar-refractivity contribution in [1.29, 1.82) is 0 Å². The smallest absolute Gasteiger partial charge is 0.274 e. The molecule has 5 rings (SSSR count). The Labute approximate surface area is 222 Å². The summed E-state index contributed by atoms with van der Waals surface area (Å²) in [6, 6.07) is 6.68. The standard InChI is InChI=1S/C29H34N4O5/c1-32-19-24(34)33-16-15-23(26(27(33)29(32)36)21-8-4-2-3-5-9-21)30-18-20-11-13-22(14-12-20)28(35)31-38-25-10-6-7-17-37-25/h2-4,8-9,11-14,25,27,30H,5-7,10,15-19H2,1H3,(H,31,35). The number of carbonyl (C=O) groups excluding carboxylic acids is 3. The predicted molar refractivity (Wildman–Crippen MR) is 141 cm³/mol. The SMILES string of the molecule is CN1CC(=O)N2CCC(NCc3ccc(C(=O)NOC4CCCCO4)cc3)=C(C3=CCC=CC=C3)C2C1=O. The van der Waals surface area contributed by atoms with E-state index in [0.717, 1.165) is 48.1 Å². The third-order valence-corrected chi connectivity index (χ3v) is 7.27. The summed E-state index contributed by atoms with van der Waals surface area (Å²) in [5.74, 6) is -0.416. The molecule has 2 N–H and O–H groups in total. The molecule has 0 aromatic heterocycles. The second kappa shape index (κ2) is 11.8. The van der Waals surface area contributed by atoms with Crippen molar-refractivity contribution in [3.8, 4) is 0 Å². The van der Waals surface area contributed by atoms with Crippen LogP contribution in [0.15, 0.2) is 71.5 Å². The highest BCUT2D eigenvalue weighted by Crippen LogP contribution is 2.33. The number of hydroxylamine groups is 1. The molecule has 3 aliphatic heterocycles. The molecule has 2 unspecified atom stereocenters. The Morgan fingerprint density at radius 3 is 2.79 bits per heavy atom. The first-order valence-electron chi connectivity index (χ1n) is 13.2. The number of carbonyl (C=O) groups is 3. The zero-order chi connectivity index (χ0) is 26.5. The summed E-state index contributed by atoms with van der Waals surface area (Å²) >= 11 is 0. The highest BCUT2D eigenvalue weighted by Gasteiger charge is 2.43. The molecule has 9 heteroatoms. The quantitative estimate of drug-likeness (QED) is 0.539. The average Bonchev–Trinajstić information content (AvgIpc) is 3.23. The van der Waals surface area contributed by atoms with Crippen LogP contribution in [0.25, 0.3) is 0 Å². The number of hydrogen-bond acceptors (Lipinski definition) is 6. The number of likely N-dealkylation sites (N-methyl/N-ethyl adjacent to an activating group) is 1. The number of hydrogen-bond donors (Lipinski definition) is 2. The van der Waals surface area contributed by atoms with Crippen molar-refractivity contribution in [1.82, 2.24) is 20.6 Å². The van der Waals surface area contributed by atoms with Gasteiger partial charge in [0.05, 0.1) is 6.54 Å². The number of benzene rings is 1. The van der Waals surface area contributed by atoms with E-state index < -0.39 is 12.3 Å². The molecular formula is C29H34N4O5. The first-order valence-corrected chi connectivity index (χ1v) is 13.2. The first-order chi connectivity index (χ1) is 18.5. The largest absolute Gasteiger partial charge is 0.384 e. The van der Waals surface area contributed by atoms with Crippen LogP contribution >= 0.6 is 0 Å². The molecule has 0 spiro atoms. The van der Waals surface area contributed by atoms with Gasteiger partial charge in [0.25, 0.3) is 5.91 Å². The van der Waals surface area contributed by atoms with E-state index in [4.69, 9.17) is 9.57 Å². The number of allylic oxidation sites excluding steroid dienone is 5. The third-order valence-electron chi connectivity index (χ3n) is 7.27. The summed E-state index contributed by atoms with van der Waals surface area (Å²) in [5.41, 5.74) is 6.74. The molecule has 2 saturated heterocycles. The van der Waals surface area contributed by atoms with Gasteiger partial charge in [0.15, 0.2) is 6.29 Å². The van der Waals surface area contributed by atoms with Gasteiger partial charge in [0.2, 0.25) is 11.8 Å². The second-order valence-corrected chi connectivity index (χ2v) is 9.90. The molecule has 3 amide bonds. The Kier molecular flexibility index (Phi) is 8.05. The fourth-order valence-corrected chi connectivity index (χ4v) is 5.18. The molecule has 0 saturated carbocycles. The summed E-state index contributed by atoms with van der Waals surface area (Å²) in [7, 11) is 1.68. The van der Waals surface area contributed by atoms with Crippen LogP contribution in [0.5, 0.6) is 0 Å². The molecule has 2 fully saturated rings. The molecule has 4 aliphatic rings. The number of ether oxygens (including phenoxy) is 1. The highest BCUT2D eigenvalue weighted by atomic mass is 16.8. The lowest BCUT2D eigenvalue weighted by Gasteiger charge is -2.44. The van der Waals surface area contributed by atoms with Gasteiger partial charge in [-0.3, -0.25) is 14.4 Å². The Morgan fingerprint density at radius 2 is 2.00 bits per heavy atom. The van der Waals surface area contributed by atoms with Gasteiger partial charge in [-0.05, 0) is 42.5 Å². The summed E-state index contributed by atoms with van der Waals surface area (Å²) < 4.78 is 5.48. The summed E-state index contributed by atoms with van der Waals surface area (Å²) in [6.45, 7) is 1.77. The van der Waals surface area contributed by atoms with Crippen LogP contribution in [0.4, 0.5) is 0 Å². The number of piperazine rings is 1. The lowest BCUT2D eigenvalue weighted by Crippen LogP contribution is -2.61. The van der Waals surface area contributed by atoms with Gasteiger partial charge < -0.3 is 19.9 Å². The minimum Gasteiger partial charge on any atom is -0.384 e. The van der Waals surface area contributed by atoms with E-state index in [2.05, 4.69) is 22.9 Å². The van der Waals surface area contributed by atoms with Crippen molar-refractivity contribution in [2.75, 3.05) is 26.7 Å². The van der Waals surface area contributed by atoms with Gasteiger partial charge in [0.1, 0.15) is 6.04 Å². The molecule has 1 aliphatic carbocycles. The van der Waals surface area contributed by atoms with Crippen LogP contribution in [-0.4, -0.2) is 66.6 Å². The second-order valence-electron chi connectivity index (χ2n) is 9.90. The van der Waals surface area contributed by atoms with Crippen LogP contribution in [0, 0.1) is 0 Å². The zero-order valence-corrected chi connectivity index (χ0v) is 21.7. The van der Waals surface area contributed by atoms with Crippen LogP contribution in [-0.2, 0) is 25.7 Å². The molecule has 0 bridgehead atoms. The van der Waals surface area contributed by atoms with Crippen molar-refractivity contribution in [3.05, 3.63) is 82.6 Å². The molecule has 200 valence electrons. The van der Waals surface area contributed by atoms with E-state index in [-0.39, 0.29) is 24.3 Å². The molecule has 1 aromatic carbocycles. The normalized spacial score (nSPS) is 23.7. The Bertz CT molecular complexity index is 1190. The minimum atomic E-state index is -0.634. The minimum absolute atomic E-state index is 0.0297. The van der Waals surface area contributed by atoms with Crippen molar-refractivity contribution >= 4 is 17.7 Å². The number of fused-ring (bicyclic) bond motifs is 1. The number of nitrogens with one attached hydrogen (secondary N) is 2. The fourth-order valence-electron chi connectivity index (χ4n) is 5.18. The van der Waals surface area contributed by atoms with E-state index in [1.807, 2.05) is 30.4 Å². The fraction of sp³-hybridized carbons (Fsp3) is 0.414. The lowest BCUT2D eigenvalue weighted by molar-refractivity contribution is -0.186. The number of amides is 3. The monoisotopic (exact) mass is 518 g/mol. The van der Waals surface area contributed by atoms with Gasteiger partial charge in [0, 0.05) is 56.4 Å². The van der Waals surface area contributed by atoms with Crippen LogP contribution < -0.4 is 10.8 Å². The maximum Gasteiger partial charge on any atom is 0.274 e. The Hall–Kier alpha value is -3.69. The Balaban J connectivity index is 1.30. The van der Waals surface area contributed by atoms with Crippen LogP contribution in [0.3, 0.4) is 0 Å². The van der Waals surface area contributed by atoms with Crippen molar-refractivity contribution in [2.45, 2.75) is 51.0 Å². The summed E-state index contributed by atoms with van der Waals surface area (Å²) in [4.78, 5) is 47.1. The van der Waals surface area contributed by atoms with Gasteiger partial charge in [-0.25, -0.2) is 10.3 Å². The van der Waals surface area contributed by atoms with E-state index in [9.17, 15) is 14.4 Å². The Morgan fingerprint density at radius 1 is 1.16 bits per heavy atom. The van der Waals surface area contributed by atoms with Crippen molar-refractivity contribution in [2.24, 2.45) is 0 Å². The molecule has 9 nitrogen and oxygen atoms in total. The van der Waals surface area contributed by atoms with E-state index >= 15 is 0 Å². The van der Waals surface area contributed by atoms with Gasteiger partial charge in [-0.15, -0.1) is 0 Å². The first kappa shape index (κ1) is 25.9. The van der Waals surface area contributed by atoms with E-state index in [1.165, 1.54) is 4.90 Å².